The van der Waals surface area contributed by atoms with E-state index in [1.165, 1.54) is 4.90 Å². The summed E-state index contributed by atoms with van der Waals surface area (Å²) >= 11 is 1.60. The van der Waals surface area contributed by atoms with E-state index in [2.05, 4.69) is 25.7 Å². The number of esters is 1. The fourth-order valence-corrected chi connectivity index (χ4v) is 4.34. The number of nitrogens with zero attached hydrogens (tertiary/aromatic N) is 5. The van der Waals surface area contributed by atoms with Crippen LogP contribution in [0.1, 0.15) is 27.7 Å². The molecule has 1 fully saturated rings. The molecule has 0 aromatic rings. The van der Waals surface area contributed by atoms with Gasteiger partial charge < -0.3 is 15.4 Å². The third kappa shape index (κ3) is 3.98. The number of hydrogen-bond acceptors (Lipinski definition) is 8. The van der Waals surface area contributed by atoms with Gasteiger partial charge in [-0.05, 0) is 38.8 Å². The molecule has 2 unspecified atom stereocenters. The molecule has 3 aliphatic rings. The van der Waals surface area contributed by atoms with Crippen molar-refractivity contribution in [3.63, 3.8) is 0 Å². The van der Waals surface area contributed by atoms with Crippen LogP contribution in [-0.2, 0) is 14.3 Å². The van der Waals surface area contributed by atoms with E-state index in [1.807, 2.05) is 6.92 Å². The Morgan fingerprint density at radius 1 is 1.56 bits per heavy atom. The number of azide groups is 1. The Morgan fingerprint density at radius 3 is 2.96 bits per heavy atom. The number of nitrogens with one attached hydrogen (secondary N) is 2. The minimum Gasteiger partial charge on any atom is -0.455 e. The molecule has 10 nitrogen and oxygen atoms in total. The molecule has 0 aromatic heterocycles. The Kier molecular flexibility index (Phi) is 5.25. The van der Waals surface area contributed by atoms with Crippen LogP contribution in [0.3, 0.4) is 0 Å². The van der Waals surface area contributed by atoms with Gasteiger partial charge in [0.25, 0.3) is 5.91 Å². The minimum atomic E-state index is -0.626. The molecule has 0 radical (unpaired) electrons. The monoisotopic (exact) mass is 393 g/mol. The molecule has 0 aliphatic carbocycles. The maximum Gasteiger partial charge on any atom is 0.355 e. The number of guanidine groups is 1. The number of hydrogen-bond donors (Lipinski definition) is 2. The van der Waals surface area contributed by atoms with Gasteiger partial charge in [0.1, 0.15) is 22.7 Å². The first kappa shape index (κ1) is 19.4. The predicted molar refractivity (Wildman–Crippen MR) is 102 cm³/mol. The van der Waals surface area contributed by atoms with Gasteiger partial charge >= 0.3 is 5.97 Å². The smallest absolute Gasteiger partial charge is 0.355 e. The van der Waals surface area contributed by atoms with Gasteiger partial charge in [-0.25, -0.2) is 4.79 Å². The Labute approximate surface area is 161 Å². The van der Waals surface area contributed by atoms with Crippen LogP contribution in [-0.4, -0.2) is 64.6 Å². The van der Waals surface area contributed by atoms with Crippen LogP contribution < -0.4 is 10.6 Å². The van der Waals surface area contributed by atoms with Crippen LogP contribution in [0.25, 0.3) is 10.4 Å². The number of rotatable bonds is 4. The Bertz CT molecular complexity index is 766. The lowest BCUT2D eigenvalue weighted by molar-refractivity contribution is -0.158. The van der Waals surface area contributed by atoms with E-state index < -0.39 is 17.6 Å². The van der Waals surface area contributed by atoms with Crippen molar-refractivity contribution < 1.29 is 14.3 Å². The van der Waals surface area contributed by atoms with Crippen molar-refractivity contribution in [1.29, 1.82) is 0 Å². The molecule has 3 aliphatic heterocycles. The maximum absolute atomic E-state index is 12.7. The maximum atomic E-state index is 12.7. The molecule has 146 valence electrons. The summed E-state index contributed by atoms with van der Waals surface area (Å²) in [5.41, 5.74) is 8.95. The van der Waals surface area contributed by atoms with E-state index in [9.17, 15) is 9.59 Å². The number of amides is 1. The molecule has 1 saturated heterocycles. The molecule has 0 saturated carbocycles. The molecular formula is C16H23N7O3S. The number of ether oxygens (including phenoxy) is 1. The second kappa shape index (κ2) is 7.32. The number of β-lactam (4-membered cyclic amide) rings is 1. The van der Waals surface area contributed by atoms with Crippen molar-refractivity contribution in [3.05, 3.63) is 21.7 Å². The molecule has 0 spiro atoms. The lowest BCUT2D eigenvalue weighted by Crippen LogP contribution is -2.71. The van der Waals surface area contributed by atoms with Crippen LogP contribution in [0.5, 0.6) is 0 Å². The molecule has 1 amide bonds. The first-order chi connectivity index (χ1) is 12.7. The average Bonchev–Trinajstić information content (AvgIpc) is 3.03. The highest BCUT2D eigenvalue weighted by Crippen LogP contribution is 2.40. The zero-order valence-electron chi connectivity index (χ0n) is 15.7. The van der Waals surface area contributed by atoms with Crippen molar-refractivity contribution >= 4 is 29.6 Å². The van der Waals surface area contributed by atoms with Gasteiger partial charge in [-0.15, -0.1) is 11.8 Å². The fourth-order valence-electron chi connectivity index (χ4n) is 3.05. The van der Waals surface area contributed by atoms with Crippen LogP contribution in [0.2, 0.25) is 0 Å². The number of carbonyl (C=O) groups excluding carboxylic acids is 2. The van der Waals surface area contributed by atoms with Crippen molar-refractivity contribution in [2.75, 3.05) is 18.8 Å². The summed E-state index contributed by atoms with van der Waals surface area (Å²) in [5, 5.41) is 9.55. The van der Waals surface area contributed by atoms with Gasteiger partial charge in [-0.1, -0.05) is 5.11 Å². The lowest BCUT2D eigenvalue weighted by atomic mass is 10.0. The highest BCUT2D eigenvalue weighted by atomic mass is 32.2. The normalized spacial score (nSPS) is 27.1. The Balaban J connectivity index is 1.65. The average molecular weight is 393 g/mol. The fraction of sp³-hybridized carbons (Fsp3) is 0.688. The Hall–Kier alpha value is -2.39. The van der Waals surface area contributed by atoms with Crippen molar-refractivity contribution in [2.24, 2.45) is 10.1 Å². The summed E-state index contributed by atoms with van der Waals surface area (Å²) in [6.07, 6.45) is 0. The third-order valence-electron chi connectivity index (χ3n) is 4.22. The van der Waals surface area contributed by atoms with Crippen LogP contribution in [0.15, 0.2) is 21.4 Å². The Morgan fingerprint density at radius 2 is 2.30 bits per heavy atom. The van der Waals surface area contributed by atoms with Crippen molar-refractivity contribution in [1.82, 2.24) is 15.5 Å². The molecule has 0 aromatic carbocycles. The van der Waals surface area contributed by atoms with Crippen molar-refractivity contribution in [2.45, 2.75) is 50.8 Å². The molecule has 3 rings (SSSR count). The summed E-state index contributed by atoms with van der Waals surface area (Å²) in [4.78, 5) is 33.9. The van der Waals surface area contributed by atoms with E-state index in [1.54, 1.807) is 32.5 Å². The molecule has 0 bridgehead atoms. The second-order valence-electron chi connectivity index (χ2n) is 7.61. The zero-order valence-corrected chi connectivity index (χ0v) is 16.5. The quantitative estimate of drug-likeness (QED) is 0.242. The molecular weight excluding hydrogens is 370 g/mol. The summed E-state index contributed by atoms with van der Waals surface area (Å²) in [6.45, 7) is 8.02. The number of aliphatic imine (C=N–C) groups is 1. The molecule has 3 heterocycles. The number of thioether (sulfide) groups is 1. The zero-order chi connectivity index (χ0) is 19.8. The molecule has 11 heteroatoms. The first-order valence-electron chi connectivity index (χ1n) is 8.67. The van der Waals surface area contributed by atoms with Crippen LogP contribution in [0.4, 0.5) is 0 Å². The van der Waals surface area contributed by atoms with Crippen LogP contribution in [0, 0.1) is 0 Å². The van der Waals surface area contributed by atoms with E-state index in [0.717, 1.165) is 5.57 Å². The van der Waals surface area contributed by atoms with Gasteiger partial charge in [0.05, 0.1) is 12.6 Å². The summed E-state index contributed by atoms with van der Waals surface area (Å²) in [7, 11) is 0. The largest absolute Gasteiger partial charge is 0.455 e. The predicted octanol–water partition coefficient (Wildman–Crippen LogP) is 1.11. The van der Waals surface area contributed by atoms with Gasteiger partial charge in [0.2, 0.25) is 0 Å². The van der Waals surface area contributed by atoms with Gasteiger partial charge in [0.15, 0.2) is 5.96 Å². The highest BCUT2D eigenvalue weighted by molar-refractivity contribution is 8.00. The van der Waals surface area contributed by atoms with Gasteiger partial charge in [0, 0.05) is 17.2 Å². The highest BCUT2D eigenvalue weighted by Gasteiger charge is 2.54. The van der Waals surface area contributed by atoms with E-state index in [0.29, 0.717) is 30.5 Å². The topological polar surface area (TPSA) is 132 Å². The minimum absolute atomic E-state index is 0.0758. The second-order valence-corrected chi connectivity index (χ2v) is 8.71. The lowest BCUT2D eigenvalue weighted by Gasteiger charge is -2.50. The van der Waals surface area contributed by atoms with E-state index in [-0.39, 0.29) is 17.3 Å². The first-order valence-corrected chi connectivity index (χ1v) is 9.72. The summed E-state index contributed by atoms with van der Waals surface area (Å²) < 4.78 is 5.47. The van der Waals surface area contributed by atoms with Crippen molar-refractivity contribution in [3.8, 4) is 0 Å². The SMILES string of the molecule is CC1=C(C(=O)OC(C)(C)C)N2C(=O)C(NC3=NCC(CN=[N+]=[N-])N3)[C@@H]2SC1. The van der Waals surface area contributed by atoms with E-state index >= 15 is 0 Å². The summed E-state index contributed by atoms with van der Waals surface area (Å²) in [5.74, 6) is 0.510. The van der Waals surface area contributed by atoms with Gasteiger partial charge in [-0.2, -0.15) is 0 Å². The summed E-state index contributed by atoms with van der Waals surface area (Å²) in [6, 6.07) is -0.543. The molecule has 27 heavy (non-hydrogen) atoms. The van der Waals surface area contributed by atoms with Crippen LogP contribution >= 0.6 is 11.8 Å². The van der Waals surface area contributed by atoms with Gasteiger partial charge in [-0.3, -0.25) is 14.7 Å². The molecule has 3 atom stereocenters. The number of carbonyl (C=O) groups is 2. The standard InChI is InChI=1S/C16H23N7O3S/c1-8-7-27-13-10(21-15-18-5-9(20-15)6-19-22-17)12(24)23(13)11(8)14(25)26-16(2,3)4/h9-10,13H,5-7H2,1-4H3,(H2,18,20,21)/t9?,10?,13-/m0/s1. The third-order valence-corrected chi connectivity index (χ3v) is 5.64. The number of fused-ring (bicyclic) bond motifs is 1. The van der Waals surface area contributed by atoms with E-state index in [4.69, 9.17) is 10.3 Å². The molecule has 2 N–H and O–H groups in total.